The molecular formula is C18H15F3N2O. The Morgan fingerprint density at radius 3 is 2.50 bits per heavy atom. The fourth-order valence-electron chi connectivity index (χ4n) is 2.37. The fraction of sp³-hybridized carbons (Fsp3) is 0.222. The predicted molar refractivity (Wildman–Crippen MR) is 84.7 cm³/mol. The van der Waals surface area contributed by atoms with E-state index in [0.717, 1.165) is 12.1 Å². The molecule has 2 aromatic carbocycles. The second kappa shape index (κ2) is 6.75. The lowest BCUT2D eigenvalue weighted by Crippen LogP contribution is -2.18. The number of alkyl halides is 3. The maximum atomic E-state index is 12.8. The van der Waals surface area contributed by atoms with Gasteiger partial charge in [-0.1, -0.05) is 12.1 Å². The summed E-state index contributed by atoms with van der Waals surface area (Å²) in [5.74, 6) is -0.145. The van der Waals surface area contributed by atoms with Gasteiger partial charge in [0.2, 0.25) is 0 Å². The molecule has 124 valence electrons. The number of carbonyl (C=O) groups is 1. The number of rotatable bonds is 4. The molecule has 0 aromatic heterocycles. The van der Waals surface area contributed by atoms with Crippen LogP contribution >= 0.6 is 0 Å². The van der Waals surface area contributed by atoms with Gasteiger partial charge in [-0.05, 0) is 42.8 Å². The molecule has 0 bridgehead atoms. The number of anilines is 1. The molecule has 6 heteroatoms. The summed E-state index contributed by atoms with van der Waals surface area (Å²) in [6.07, 6.45) is -4.40. The molecule has 0 aliphatic carbocycles. The van der Waals surface area contributed by atoms with Crippen LogP contribution in [0.1, 0.15) is 34.0 Å². The number of benzene rings is 2. The number of halogens is 3. The number of Topliss-reactive ketones (excluding diaryl/α,β-unsaturated/α-hetero) is 1. The van der Waals surface area contributed by atoms with Crippen molar-refractivity contribution in [2.45, 2.75) is 19.6 Å². The van der Waals surface area contributed by atoms with E-state index >= 15 is 0 Å². The van der Waals surface area contributed by atoms with Gasteiger partial charge in [-0.15, -0.1) is 0 Å². The Kier molecular flexibility index (Phi) is 4.93. The van der Waals surface area contributed by atoms with E-state index in [1.54, 1.807) is 30.1 Å². The molecular weight excluding hydrogens is 317 g/mol. The lowest BCUT2D eigenvalue weighted by Gasteiger charge is -2.22. The van der Waals surface area contributed by atoms with Crippen molar-refractivity contribution in [3.05, 3.63) is 64.7 Å². The first-order chi connectivity index (χ1) is 11.2. The molecule has 0 spiro atoms. The van der Waals surface area contributed by atoms with Crippen molar-refractivity contribution in [1.82, 2.24) is 0 Å². The zero-order chi connectivity index (χ0) is 17.9. The van der Waals surface area contributed by atoms with Crippen molar-refractivity contribution in [3.8, 4) is 6.07 Å². The molecule has 0 aliphatic rings. The number of nitrogens with zero attached hydrogens (tertiary/aromatic N) is 2. The van der Waals surface area contributed by atoms with Crippen molar-refractivity contribution >= 4 is 11.5 Å². The normalized spacial score (nSPS) is 11.0. The maximum absolute atomic E-state index is 12.8. The smallest absolute Gasteiger partial charge is 0.369 e. The summed E-state index contributed by atoms with van der Waals surface area (Å²) in [5.41, 5.74) is 1.05. The highest BCUT2D eigenvalue weighted by atomic mass is 19.4. The van der Waals surface area contributed by atoms with Gasteiger partial charge in [0.05, 0.1) is 16.8 Å². The van der Waals surface area contributed by atoms with Gasteiger partial charge in [-0.2, -0.15) is 18.4 Å². The maximum Gasteiger partial charge on any atom is 0.416 e. The van der Waals surface area contributed by atoms with E-state index in [0.29, 0.717) is 22.4 Å². The van der Waals surface area contributed by atoms with Crippen LogP contribution in [0.5, 0.6) is 0 Å². The van der Waals surface area contributed by atoms with E-state index in [-0.39, 0.29) is 12.3 Å². The Labute approximate surface area is 137 Å². The van der Waals surface area contributed by atoms with Crippen LogP contribution in [0.3, 0.4) is 0 Å². The first-order valence-corrected chi connectivity index (χ1v) is 7.14. The predicted octanol–water partition coefficient (Wildman–Crippen LogP) is 4.42. The van der Waals surface area contributed by atoms with Crippen LogP contribution in [0.4, 0.5) is 18.9 Å². The first kappa shape index (κ1) is 17.5. The monoisotopic (exact) mass is 332 g/mol. The summed E-state index contributed by atoms with van der Waals surface area (Å²) < 4.78 is 38.4. The Morgan fingerprint density at radius 2 is 1.92 bits per heavy atom. The SMILES string of the molecule is CC(=O)c1ccc(C#N)c(N(C)Cc2cccc(C(F)(F)F)c2)c1. The Balaban J connectivity index is 2.33. The highest BCUT2D eigenvalue weighted by molar-refractivity contribution is 5.95. The molecule has 0 saturated heterocycles. The van der Waals surface area contributed by atoms with E-state index in [9.17, 15) is 23.2 Å². The Hall–Kier alpha value is -2.81. The third-order valence-electron chi connectivity index (χ3n) is 3.61. The van der Waals surface area contributed by atoms with E-state index in [1.807, 2.05) is 6.07 Å². The summed E-state index contributed by atoms with van der Waals surface area (Å²) in [5, 5.41) is 9.20. The second-order valence-electron chi connectivity index (χ2n) is 5.45. The molecule has 0 radical (unpaired) electrons. The van der Waals surface area contributed by atoms with Gasteiger partial charge in [0.25, 0.3) is 0 Å². The van der Waals surface area contributed by atoms with Crippen LogP contribution < -0.4 is 4.90 Å². The molecule has 0 saturated carbocycles. The molecule has 0 aliphatic heterocycles. The molecule has 3 nitrogen and oxygen atoms in total. The molecule has 0 heterocycles. The highest BCUT2D eigenvalue weighted by Crippen LogP contribution is 2.30. The lowest BCUT2D eigenvalue weighted by molar-refractivity contribution is -0.137. The minimum atomic E-state index is -4.40. The van der Waals surface area contributed by atoms with Crippen molar-refractivity contribution in [2.75, 3.05) is 11.9 Å². The van der Waals surface area contributed by atoms with Crippen molar-refractivity contribution in [1.29, 1.82) is 5.26 Å². The molecule has 0 fully saturated rings. The van der Waals surface area contributed by atoms with Crippen LogP contribution in [-0.2, 0) is 12.7 Å². The van der Waals surface area contributed by atoms with Crippen LogP contribution in [0.25, 0.3) is 0 Å². The quantitative estimate of drug-likeness (QED) is 0.779. The van der Waals surface area contributed by atoms with Crippen LogP contribution in [0.15, 0.2) is 42.5 Å². The number of ketones is 1. The fourth-order valence-corrected chi connectivity index (χ4v) is 2.37. The summed E-state index contributed by atoms with van der Waals surface area (Å²) in [4.78, 5) is 13.2. The molecule has 2 rings (SSSR count). The molecule has 0 N–H and O–H groups in total. The topological polar surface area (TPSA) is 44.1 Å². The van der Waals surface area contributed by atoms with E-state index in [1.165, 1.54) is 19.1 Å². The molecule has 0 amide bonds. The first-order valence-electron chi connectivity index (χ1n) is 7.14. The number of carbonyl (C=O) groups excluding carboxylic acids is 1. The van der Waals surface area contributed by atoms with Gasteiger partial charge in [0, 0.05) is 19.2 Å². The molecule has 0 unspecified atom stereocenters. The Morgan fingerprint density at radius 1 is 1.21 bits per heavy atom. The summed E-state index contributed by atoms with van der Waals surface area (Å²) >= 11 is 0. The Bertz CT molecular complexity index is 807. The van der Waals surface area contributed by atoms with Crippen LogP contribution in [-0.4, -0.2) is 12.8 Å². The third kappa shape index (κ3) is 3.93. The van der Waals surface area contributed by atoms with E-state index in [2.05, 4.69) is 0 Å². The molecule has 0 atom stereocenters. The van der Waals surface area contributed by atoms with Gasteiger partial charge in [0.1, 0.15) is 6.07 Å². The van der Waals surface area contributed by atoms with Crippen molar-refractivity contribution in [2.24, 2.45) is 0 Å². The van der Waals surface area contributed by atoms with Crippen molar-refractivity contribution < 1.29 is 18.0 Å². The second-order valence-corrected chi connectivity index (χ2v) is 5.45. The van der Waals surface area contributed by atoms with Crippen molar-refractivity contribution in [3.63, 3.8) is 0 Å². The lowest BCUT2D eigenvalue weighted by atomic mass is 10.1. The van der Waals surface area contributed by atoms with Crippen LogP contribution in [0.2, 0.25) is 0 Å². The summed E-state index contributed by atoms with van der Waals surface area (Å²) in [7, 11) is 1.67. The number of nitriles is 1. The standard InChI is InChI=1S/C18H15F3N2O/c1-12(24)14-6-7-15(10-22)17(9-14)23(2)11-13-4-3-5-16(8-13)18(19,20)21/h3-9H,11H2,1-2H3. The largest absolute Gasteiger partial charge is 0.416 e. The highest BCUT2D eigenvalue weighted by Gasteiger charge is 2.30. The zero-order valence-electron chi connectivity index (χ0n) is 13.2. The third-order valence-corrected chi connectivity index (χ3v) is 3.61. The number of hydrogen-bond acceptors (Lipinski definition) is 3. The molecule has 24 heavy (non-hydrogen) atoms. The summed E-state index contributed by atoms with van der Waals surface area (Å²) in [6.45, 7) is 1.60. The average molecular weight is 332 g/mol. The minimum Gasteiger partial charge on any atom is -0.369 e. The van der Waals surface area contributed by atoms with E-state index < -0.39 is 11.7 Å². The van der Waals surface area contributed by atoms with Gasteiger partial charge in [-0.3, -0.25) is 4.79 Å². The van der Waals surface area contributed by atoms with Gasteiger partial charge in [0.15, 0.2) is 5.78 Å². The van der Waals surface area contributed by atoms with Gasteiger partial charge < -0.3 is 4.90 Å². The summed E-state index contributed by atoms with van der Waals surface area (Å²) in [6, 6.07) is 11.7. The van der Waals surface area contributed by atoms with Crippen LogP contribution in [0, 0.1) is 11.3 Å². The van der Waals surface area contributed by atoms with E-state index in [4.69, 9.17) is 0 Å². The number of hydrogen-bond donors (Lipinski definition) is 0. The van der Waals surface area contributed by atoms with Gasteiger partial charge >= 0.3 is 6.18 Å². The van der Waals surface area contributed by atoms with Gasteiger partial charge in [-0.25, -0.2) is 0 Å². The molecule has 2 aromatic rings. The average Bonchev–Trinajstić information content (AvgIpc) is 2.53. The minimum absolute atomic E-state index is 0.145. The zero-order valence-corrected chi connectivity index (χ0v) is 13.2.